The summed E-state index contributed by atoms with van der Waals surface area (Å²) in [6.45, 7) is 4.02. The first-order valence-corrected chi connectivity index (χ1v) is 12.6. The van der Waals surface area contributed by atoms with Crippen LogP contribution >= 0.6 is 0 Å². The number of pyridine rings is 1. The fraction of sp³-hybridized carbons (Fsp3) is 0.519. The Bertz CT molecular complexity index is 1080. The molecule has 0 radical (unpaired) electrons. The van der Waals surface area contributed by atoms with Crippen molar-refractivity contribution in [2.75, 3.05) is 18.4 Å². The Hall–Kier alpha value is -2.89. The molecule has 1 aliphatic carbocycles. The third kappa shape index (κ3) is 5.05. The molecule has 0 unspecified atom stereocenters. The summed E-state index contributed by atoms with van der Waals surface area (Å²) in [6, 6.07) is 10.6. The molecule has 1 amide bonds. The van der Waals surface area contributed by atoms with Gasteiger partial charge in [0.1, 0.15) is 5.82 Å². The summed E-state index contributed by atoms with van der Waals surface area (Å²) in [7, 11) is 0. The quantitative estimate of drug-likeness (QED) is 0.536. The van der Waals surface area contributed by atoms with Crippen LogP contribution in [-0.4, -0.2) is 45.1 Å². The van der Waals surface area contributed by atoms with Gasteiger partial charge in [0.15, 0.2) is 0 Å². The molecular formula is C27H35N5O. The molecule has 6 nitrogen and oxygen atoms in total. The second-order valence-corrected chi connectivity index (χ2v) is 9.91. The van der Waals surface area contributed by atoms with Crippen molar-refractivity contribution in [3.63, 3.8) is 0 Å². The van der Waals surface area contributed by atoms with E-state index in [2.05, 4.69) is 39.6 Å². The van der Waals surface area contributed by atoms with Crippen molar-refractivity contribution < 1.29 is 4.79 Å². The Labute approximate surface area is 196 Å². The molecule has 3 aromatic rings. The number of likely N-dealkylation sites (tertiary alicyclic amines) is 1. The summed E-state index contributed by atoms with van der Waals surface area (Å²) in [4.78, 5) is 19.5. The SMILES string of the molecule is CC1CCN(C(=O)c2ccc(CCc3[nH]nc4ccnc(NC5CCCCC5)c34)cc2)CC1. The van der Waals surface area contributed by atoms with Crippen molar-refractivity contribution in [1.29, 1.82) is 0 Å². The lowest BCUT2D eigenvalue weighted by molar-refractivity contribution is 0.0697. The molecule has 0 bridgehead atoms. The fourth-order valence-corrected chi connectivity index (χ4v) is 5.23. The van der Waals surface area contributed by atoms with E-state index in [1.807, 2.05) is 29.3 Å². The smallest absolute Gasteiger partial charge is 0.253 e. The number of carbonyl (C=O) groups excluding carboxylic acids is 1. The van der Waals surface area contributed by atoms with Crippen LogP contribution in [0.3, 0.4) is 0 Å². The fourth-order valence-electron chi connectivity index (χ4n) is 5.23. The maximum atomic E-state index is 12.8. The maximum Gasteiger partial charge on any atom is 0.253 e. The average molecular weight is 446 g/mol. The van der Waals surface area contributed by atoms with E-state index in [4.69, 9.17) is 0 Å². The van der Waals surface area contributed by atoms with Crippen LogP contribution in [0.15, 0.2) is 36.5 Å². The van der Waals surface area contributed by atoms with Crippen LogP contribution in [-0.2, 0) is 12.8 Å². The number of amides is 1. The number of carbonyl (C=O) groups is 1. The zero-order valence-corrected chi connectivity index (χ0v) is 19.6. The molecule has 1 aromatic carbocycles. The van der Waals surface area contributed by atoms with Crippen LogP contribution < -0.4 is 5.32 Å². The van der Waals surface area contributed by atoms with E-state index in [1.165, 1.54) is 37.7 Å². The minimum Gasteiger partial charge on any atom is -0.367 e. The molecule has 1 aliphatic heterocycles. The van der Waals surface area contributed by atoms with Gasteiger partial charge in [-0.15, -0.1) is 0 Å². The molecule has 3 heterocycles. The number of aromatic nitrogens is 3. The number of H-pyrrole nitrogens is 1. The van der Waals surface area contributed by atoms with Gasteiger partial charge < -0.3 is 10.2 Å². The van der Waals surface area contributed by atoms with E-state index in [-0.39, 0.29) is 5.91 Å². The molecule has 2 aliphatic rings. The molecule has 6 heteroatoms. The number of nitrogens with zero attached hydrogens (tertiary/aromatic N) is 3. The molecule has 0 atom stereocenters. The Morgan fingerprint density at radius 2 is 1.79 bits per heavy atom. The number of hydrogen-bond acceptors (Lipinski definition) is 4. The Balaban J connectivity index is 1.24. The van der Waals surface area contributed by atoms with Gasteiger partial charge in [0, 0.05) is 36.6 Å². The molecule has 2 aromatic heterocycles. The van der Waals surface area contributed by atoms with Crippen molar-refractivity contribution in [3.8, 4) is 0 Å². The van der Waals surface area contributed by atoms with Crippen LogP contribution in [0.4, 0.5) is 5.82 Å². The summed E-state index contributed by atoms with van der Waals surface area (Å²) in [5.41, 5.74) is 4.12. The number of aryl methyl sites for hydroxylation is 2. The molecule has 5 rings (SSSR count). The highest BCUT2D eigenvalue weighted by molar-refractivity contribution is 5.94. The second-order valence-electron chi connectivity index (χ2n) is 9.91. The lowest BCUT2D eigenvalue weighted by Crippen LogP contribution is -2.37. The molecule has 0 spiro atoms. The number of fused-ring (bicyclic) bond motifs is 1. The molecular weight excluding hydrogens is 410 g/mol. The number of nitrogens with one attached hydrogen (secondary N) is 2. The number of benzene rings is 1. The summed E-state index contributed by atoms with van der Waals surface area (Å²) in [5.74, 6) is 1.85. The lowest BCUT2D eigenvalue weighted by Gasteiger charge is -2.30. The first kappa shape index (κ1) is 21.9. The summed E-state index contributed by atoms with van der Waals surface area (Å²) < 4.78 is 0. The number of anilines is 1. The van der Waals surface area contributed by atoms with E-state index in [1.54, 1.807) is 0 Å². The van der Waals surface area contributed by atoms with Gasteiger partial charge in [-0.25, -0.2) is 4.98 Å². The van der Waals surface area contributed by atoms with E-state index in [0.29, 0.717) is 6.04 Å². The minimum absolute atomic E-state index is 0.164. The standard InChI is InChI=1S/C27H35N5O/c1-19-14-17-32(18-15-19)27(33)21-10-7-20(8-11-21)9-12-23-25-24(31-30-23)13-16-28-26(25)29-22-5-3-2-4-6-22/h7-8,10-11,13,16,19,22H,2-6,9,12,14-15,17-18H2,1H3,(H,28,29)(H,30,31). The Kier molecular flexibility index (Phi) is 6.60. The topological polar surface area (TPSA) is 73.9 Å². The van der Waals surface area contributed by atoms with Gasteiger partial charge in [0.2, 0.25) is 0 Å². The van der Waals surface area contributed by atoms with Crippen LogP contribution in [0.2, 0.25) is 0 Å². The van der Waals surface area contributed by atoms with Gasteiger partial charge in [-0.2, -0.15) is 5.10 Å². The maximum absolute atomic E-state index is 12.8. The van der Waals surface area contributed by atoms with E-state index in [0.717, 1.165) is 72.7 Å². The first-order valence-electron chi connectivity index (χ1n) is 12.6. The zero-order valence-electron chi connectivity index (χ0n) is 19.6. The monoisotopic (exact) mass is 445 g/mol. The predicted octanol–water partition coefficient (Wildman–Crippen LogP) is 5.36. The second kappa shape index (κ2) is 9.94. The third-order valence-corrected chi connectivity index (χ3v) is 7.42. The number of aromatic amines is 1. The predicted molar refractivity (Wildman–Crippen MR) is 133 cm³/mol. The van der Waals surface area contributed by atoms with Gasteiger partial charge in [-0.3, -0.25) is 9.89 Å². The van der Waals surface area contributed by atoms with Crippen LogP contribution in [0.1, 0.15) is 73.5 Å². The average Bonchev–Trinajstić information content (AvgIpc) is 3.28. The van der Waals surface area contributed by atoms with Gasteiger partial charge in [-0.05, 0) is 68.2 Å². The van der Waals surface area contributed by atoms with Crippen LogP contribution in [0.25, 0.3) is 10.9 Å². The number of rotatable bonds is 6. The highest BCUT2D eigenvalue weighted by Crippen LogP contribution is 2.28. The van der Waals surface area contributed by atoms with Crippen molar-refractivity contribution in [2.45, 2.75) is 70.8 Å². The molecule has 33 heavy (non-hydrogen) atoms. The van der Waals surface area contributed by atoms with Crippen LogP contribution in [0.5, 0.6) is 0 Å². The van der Waals surface area contributed by atoms with Crippen molar-refractivity contribution >= 4 is 22.6 Å². The lowest BCUT2D eigenvalue weighted by atomic mass is 9.95. The zero-order chi connectivity index (χ0) is 22.6. The number of hydrogen-bond donors (Lipinski definition) is 2. The summed E-state index contributed by atoms with van der Waals surface area (Å²) in [5, 5.41) is 12.6. The first-order chi connectivity index (χ1) is 16.2. The Morgan fingerprint density at radius 3 is 2.55 bits per heavy atom. The summed E-state index contributed by atoms with van der Waals surface area (Å²) in [6.07, 6.45) is 12.2. The van der Waals surface area contributed by atoms with Gasteiger partial charge in [0.25, 0.3) is 5.91 Å². The summed E-state index contributed by atoms with van der Waals surface area (Å²) >= 11 is 0. The molecule has 1 saturated heterocycles. The normalized spacial score (nSPS) is 18.0. The van der Waals surface area contributed by atoms with Crippen molar-refractivity contribution in [3.05, 3.63) is 53.3 Å². The molecule has 2 N–H and O–H groups in total. The highest BCUT2D eigenvalue weighted by atomic mass is 16.2. The minimum atomic E-state index is 0.164. The number of piperidine rings is 1. The van der Waals surface area contributed by atoms with Crippen molar-refractivity contribution in [1.82, 2.24) is 20.1 Å². The third-order valence-electron chi connectivity index (χ3n) is 7.42. The largest absolute Gasteiger partial charge is 0.367 e. The highest BCUT2D eigenvalue weighted by Gasteiger charge is 2.21. The van der Waals surface area contributed by atoms with Gasteiger partial charge >= 0.3 is 0 Å². The van der Waals surface area contributed by atoms with E-state index in [9.17, 15) is 4.79 Å². The van der Waals surface area contributed by atoms with Crippen LogP contribution in [0, 0.1) is 5.92 Å². The van der Waals surface area contributed by atoms with E-state index < -0.39 is 0 Å². The van der Waals surface area contributed by atoms with Gasteiger partial charge in [0.05, 0.1) is 10.9 Å². The molecule has 1 saturated carbocycles. The van der Waals surface area contributed by atoms with Crippen molar-refractivity contribution in [2.24, 2.45) is 5.92 Å². The Morgan fingerprint density at radius 1 is 1.03 bits per heavy atom. The molecule has 174 valence electrons. The molecule has 2 fully saturated rings. The van der Waals surface area contributed by atoms with Gasteiger partial charge in [-0.1, -0.05) is 38.3 Å². The van der Waals surface area contributed by atoms with E-state index >= 15 is 0 Å².